The standard InChI is InChI=1S/C34H53BO9/c1-20(2)18-39-19-21-12-13-24(28(40-30(38)42-32(6,7)8)27(21)29(37)41-31(3,4)5)22(17-36)16-35-43-26-15-23-14-25(33(23,9)10)34(26,11)44-35/h12-13,20,22-23,25-26,36H,14-19H2,1-11H3/t22?,23-,25-,26?,34+/m1/s1. The molecule has 3 aliphatic carbocycles. The first-order valence-electron chi connectivity index (χ1n) is 16.1. The molecule has 1 aromatic carbocycles. The number of carbonyl (C=O) groups is 2. The van der Waals surface area contributed by atoms with Gasteiger partial charge in [-0.2, -0.15) is 0 Å². The van der Waals surface area contributed by atoms with Crippen LogP contribution in [0, 0.1) is 23.2 Å². The third-order valence-electron chi connectivity index (χ3n) is 9.30. The molecule has 5 rings (SSSR count). The molecular weight excluding hydrogens is 563 g/mol. The highest BCUT2D eigenvalue weighted by Crippen LogP contribution is 2.66. The number of aliphatic hydroxyl groups is 1. The second-order valence-corrected chi connectivity index (χ2v) is 16.0. The van der Waals surface area contributed by atoms with E-state index >= 15 is 0 Å². The Bertz CT molecular complexity index is 1210. The van der Waals surface area contributed by atoms with Gasteiger partial charge in [0.1, 0.15) is 16.8 Å². The summed E-state index contributed by atoms with van der Waals surface area (Å²) in [6.07, 6.45) is 1.41. The van der Waals surface area contributed by atoms with Gasteiger partial charge < -0.3 is 33.4 Å². The molecule has 3 saturated carbocycles. The lowest BCUT2D eigenvalue weighted by molar-refractivity contribution is -0.199. The van der Waals surface area contributed by atoms with Crippen LogP contribution in [-0.4, -0.2) is 60.5 Å². The second-order valence-electron chi connectivity index (χ2n) is 16.0. The number of esters is 1. The van der Waals surface area contributed by atoms with Crippen molar-refractivity contribution in [3.8, 4) is 5.75 Å². The lowest BCUT2D eigenvalue weighted by Gasteiger charge is -2.64. The highest BCUT2D eigenvalue weighted by Gasteiger charge is 2.67. The summed E-state index contributed by atoms with van der Waals surface area (Å²) in [5.74, 6) is 0.0402. The van der Waals surface area contributed by atoms with Gasteiger partial charge in [0.15, 0.2) is 5.75 Å². The van der Waals surface area contributed by atoms with Crippen LogP contribution >= 0.6 is 0 Å². The summed E-state index contributed by atoms with van der Waals surface area (Å²) in [5.41, 5.74) is -0.807. The van der Waals surface area contributed by atoms with Crippen molar-refractivity contribution in [1.82, 2.24) is 0 Å². The van der Waals surface area contributed by atoms with Crippen LogP contribution in [0.1, 0.15) is 116 Å². The molecule has 1 aliphatic heterocycles. The number of benzene rings is 1. The van der Waals surface area contributed by atoms with Crippen molar-refractivity contribution in [1.29, 1.82) is 0 Å². The van der Waals surface area contributed by atoms with E-state index in [2.05, 4.69) is 20.8 Å². The van der Waals surface area contributed by atoms with Crippen LogP contribution in [0.5, 0.6) is 5.75 Å². The van der Waals surface area contributed by atoms with Crippen LogP contribution in [0.15, 0.2) is 12.1 Å². The van der Waals surface area contributed by atoms with Crippen LogP contribution < -0.4 is 4.74 Å². The highest BCUT2D eigenvalue weighted by molar-refractivity contribution is 6.45. The molecular formula is C34H53BO9. The summed E-state index contributed by atoms with van der Waals surface area (Å²) in [6, 6.07) is 3.54. The largest absolute Gasteiger partial charge is 0.514 e. The minimum absolute atomic E-state index is 0.0109. The van der Waals surface area contributed by atoms with Gasteiger partial charge in [0.25, 0.3) is 0 Å². The quantitative estimate of drug-likeness (QED) is 0.170. The Morgan fingerprint density at radius 3 is 2.27 bits per heavy atom. The van der Waals surface area contributed by atoms with Crippen molar-refractivity contribution in [3.05, 3.63) is 28.8 Å². The number of carbonyl (C=O) groups excluding carboxylic acids is 2. The fraction of sp³-hybridized carbons (Fsp3) is 0.765. The van der Waals surface area contributed by atoms with E-state index in [-0.39, 0.29) is 42.0 Å². The van der Waals surface area contributed by atoms with Crippen LogP contribution in [0.4, 0.5) is 4.79 Å². The maximum atomic E-state index is 13.8. The van der Waals surface area contributed by atoms with Crippen molar-refractivity contribution in [2.45, 2.75) is 131 Å². The van der Waals surface area contributed by atoms with Crippen molar-refractivity contribution < 1.29 is 43.0 Å². The third-order valence-corrected chi connectivity index (χ3v) is 9.30. The van der Waals surface area contributed by atoms with Crippen LogP contribution in [-0.2, 0) is 30.1 Å². The fourth-order valence-corrected chi connectivity index (χ4v) is 7.09. The van der Waals surface area contributed by atoms with E-state index in [9.17, 15) is 14.7 Å². The van der Waals surface area contributed by atoms with Gasteiger partial charge in [0, 0.05) is 24.7 Å². The molecule has 9 nitrogen and oxygen atoms in total. The molecule has 2 unspecified atom stereocenters. The number of hydrogen-bond acceptors (Lipinski definition) is 9. The van der Waals surface area contributed by atoms with Crippen molar-refractivity contribution >= 4 is 19.2 Å². The van der Waals surface area contributed by atoms with E-state index in [1.54, 1.807) is 53.7 Å². The number of aliphatic hydroxyl groups excluding tert-OH is 1. The minimum atomic E-state index is -0.964. The number of rotatable bonds is 10. The van der Waals surface area contributed by atoms with Crippen molar-refractivity contribution in [2.24, 2.45) is 23.2 Å². The zero-order valence-electron chi connectivity index (χ0n) is 28.6. The minimum Gasteiger partial charge on any atom is -0.456 e. The van der Waals surface area contributed by atoms with E-state index in [1.165, 1.54) is 0 Å². The SMILES string of the molecule is CC(C)COCc1ccc(C(CO)CB2OC3C[C@H]4C[C@H](C4(C)C)[C@]3(C)O2)c(OC(=O)OC(C)(C)C)c1C(=O)OC(C)(C)C. The van der Waals surface area contributed by atoms with Crippen LogP contribution in [0.25, 0.3) is 0 Å². The average molecular weight is 617 g/mol. The van der Waals surface area contributed by atoms with Gasteiger partial charge in [-0.3, -0.25) is 0 Å². The number of ether oxygens (including phenoxy) is 4. The van der Waals surface area contributed by atoms with E-state index in [0.29, 0.717) is 35.9 Å². The zero-order chi connectivity index (χ0) is 32.8. The van der Waals surface area contributed by atoms with Gasteiger partial charge in [0.05, 0.1) is 18.3 Å². The topological polar surface area (TPSA) is 110 Å². The second kappa shape index (κ2) is 12.6. The molecule has 2 bridgehead atoms. The van der Waals surface area contributed by atoms with Gasteiger partial charge >= 0.3 is 19.2 Å². The Hall–Kier alpha value is -2.14. The summed E-state index contributed by atoms with van der Waals surface area (Å²) in [7, 11) is -0.564. The smallest absolute Gasteiger partial charge is 0.456 e. The van der Waals surface area contributed by atoms with Gasteiger partial charge in [-0.1, -0.05) is 39.8 Å². The molecule has 1 N–H and O–H groups in total. The molecule has 0 aromatic heterocycles. The Morgan fingerprint density at radius 2 is 1.70 bits per heavy atom. The monoisotopic (exact) mass is 616 g/mol. The lowest BCUT2D eigenvalue weighted by atomic mass is 9.43. The first kappa shape index (κ1) is 34.7. The summed E-state index contributed by atoms with van der Waals surface area (Å²) >= 11 is 0. The predicted molar refractivity (Wildman–Crippen MR) is 168 cm³/mol. The van der Waals surface area contributed by atoms with Gasteiger partial charge in [0.2, 0.25) is 0 Å². The highest BCUT2D eigenvalue weighted by atomic mass is 16.7. The van der Waals surface area contributed by atoms with Crippen LogP contribution in [0.2, 0.25) is 6.32 Å². The Labute approximate surface area is 263 Å². The molecule has 10 heteroatoms. The average Bonchev–Trinajstić information content (AvgIpc) is 3.20. The predicted octanol–water partition coefficient (Wildman–Crippen LogP) is 6.93. The zero-order valence-corrected chi connectivity index (χ0v) is 28.6. The van der Waals surface area contributed by atoms with Crippen molar-refractivity contribution in [3.63, 3.8) is 0 Å². The van der Waals surface area contributed by atoms with E-state index in [0.717, 1.165) is 12.8 Å². The maximum absolute atomic E-state index is 13.8. The summed E-state index contributed by atoms with van der Waals surface area (Å²) in [4.78, 5) is 26.9. The maximum Gasteiger partial charge on any atom is 0.514 e. The molecule has 0 radical (unpaired) electrons. The molecule has 1 heterocycles. The van der Waals surface area contributed by atoms with Gasteiger partial charge in [-0.05, 0) is 96.4 Å². The molecule has 0 spiro atoms. The van der Waals surface area contributed by atoms with Crippen molar-refractivity contribution in [2.75, 3.05) is 13.2 Å². The molecule has 4 fully saturated rings. The van der Waals surface area contributed by atoms with E-state index in [4.69, 9.17) is 28.3 Å². The van der Waals surface area contributed by atoms with Crippen LogP contribution in [0.3, 0.4) is 0 Å². The Kier molecular flexibility index (Phi) is 9.93. The third kappa shape index (κ3) is 7.46. The van der Waals surface area contributed by atoms with E-state index in [1.807, 2.05) is 13.8 Å². The summed E-state index contributed by atoms with van der Waals surface area (Å²) in [5, 5.41) is 10.7. The first-order chi connectivity index (χ1) is 20.2. The molecule has 246 valence electrons. The molecule has 4 aliphatic rings. The number of hydrogen-bond donors (Lipinski definition) is 1. The Balaban J connectivity index is 1.71. The summed E-state index contributed by atoms with van der Waals surface area (Å²) < 4.78 is 36.2. The van der Waals surface area contributed by atoms with E-state index < -0.39 is 42.0 Å². The first-order valence-corrected chi connectivity index (χ1v) is 16.1. The molecule has 1 aromatic rings. The lowest BCUT2D eigenvalue weighted by Crippen LogP contribution is -2.65. The molecule has 5 atom stereocenters. The molecule has 44 heavy (non-hydrogen) atoms. The molecule has 0 amide bonds. The van der Waals surface area contributed by atoms with Gasteiger partial charge in [-0.25, -0.2) is 9.59 Å². The summed E-state index contributed by atoms with van der Waals surface area (Å²) in [6.45, 7) is 21.7. The van der Waals surface area contributed by atoms with Gasteiger partial charge in [-0.15, -0.1) is 0 Å². The fourth-order valence-electron chi connectivity index (χ4n) is 7.09. The Morgan fingerprint density at radius 1 is 1.05 bits per heavy atom. The normalized spacial score (nSPS) is 26.6. The molecule has 1 saturated heterocycles.